The molecule has 1 saturated heterocycles. The van der Waals surface area contributed by atoms with Gasteiger partial charge in [-0.1, -0.05) is 11.8 Å². The summed E-state index contributed by atoms with van der Waals surface area (Å²) in [5.74, 6) is -1.08. The molecule has 2 heterocycles. The molecule has 0 bridgehead atoms. The van der Waals surface area contributed by atoms with Gasteiger partial charge in [0.15, 0.2) is 0 Å². The van der Waals surface area contributed by atoms with Crippen molar-refractivity contribution in [1.29, 1.82) is 0 Å². The summed E-state index contributed by atoms with van der Waals surface area (Å²) >= 11 is 1.06. The Balaban J connectivity index is 1.48. The lowest BCUT2D eigenvalue weighted by molar-refractivity contribution is -0.125. The molecular formula is C18H20N6O5S. The number of hydrogen-bond acceptors (Lipinski definition) is 8. The van der Waals surface area contributed by atoms with E-state index < -0.39 is 17.9 Å². The molecule has 2 aromatic rings. The Morgan fingerprint density at radius 1 is 1.13 bits per heavy atom. The minimum atomic E-state index is -0.527. The van der Waals surface area contributed by atoms with Crippen LogP contribution in [0.3, 0.4) is 0 Å². The minimum absolute atomic E-state index is 0.0471. The summed E-state index contributed by atoms with van der Waals surface area (Å²) in [6, 6.07) is 5.82. The summed E-state index contributed by atoms with van der Waals surface area (Å²) in [6.45, 7) is 3.14. The first-order valence-electron chi connectivity index (χ1n) is 9.04. The molecule has 2 atom stereocenters. The molecule has 30 heavy (non-hydrogen) atoms. The van der Waals surface area contributed by atoms with Gasteiger partial charge in [-0.05, 0) is 31.2 Å². The second-order valence-electron chi connectivity index (χ2n) is 6.62. The maximum atomic E-state index is 12.1. The van der Waals surface area contributed by atoms with E-state index in [1.807, 2.05) is 0 Å². The van der Waals surface area contributed by atoms with Crippen molar-refractivity contribution in [2.45, 2.75) is 31.5 Å². The molecule has 158 valence electrons. The molecular weight excluding hydrogens is 412 g/mol. The van der Waals surface area contributed by atoms with Gasteiger partial charge in [0.2, 0.25) is 23.6 Å². The first-order chi connectivity index (χ1) is 14.3. The average molecular weight is 432 g/mol. The van der Waals surface area contributed by atoms with Gasteiger partial charge in [0, 0.05) is 30.8 Å². The van der Waals surface area contributed by atoms with Gasteiger partial charge in [-0.25, -0.2) is 4.79 Å². The maximum Gasteiger partial charge on any atom is 0.321 e. The number of nitrogens with one attached hydrogen (secondary N) is 4. The van der Waals surface area contributed by atoms with Gasteiger partial charge in [-0.15, -0.1) is 10.2 Å². The number of rotatable bonds is 7. The number of benzene rings is 1. The number of carbonyl (C=O) groups excluding carboxylic acids is 4. The molecule has 0 spiro atoms. The van der Waals surface area contributed by atoms with Crippen LogP contribution in [0.4, 0.5) is 16.2 Å². The number of anilines is 2. The highest BCUT2D eigenvalue weighted by Crippen LogP contribution is 2.21. The van der Waals surface area contributed by atoms with E-state index in [0.29, 0.717) is 11.4 Å². The molecule has 0 radical (unpaired) electrons. The lowest BCUT2D eigenvalue weighted by atomic mass is 9.95. The third kappa shape index (κ3) is 5.80. The topological polar surface area (TPSA) is 155 Å². The van der Waals surface area contributed by atoms with Crippen molar-refractivity contribution in [2.24, 2.45) is 5.92 Å². The fraction of sp³-hybridized carbons (Fsp3) is 0.333. The lowest BCUT2D eigenvalue weighted by Gasteiger charge is -2.27. The van der Waals surface area contributed by atoms with Crippen molar-refractivity contribution in [3.8, 4) is 0 Å². The number of aromatic nitrogens is 2. The number of urea groups is 1. The van der Waals surface area contributed by atoms with Gasteiger partial charge in [0.05, 0.1) is 11.7 Å². The van der Waals surface area contributed by atoms with E-state index in [1.54, 1.807) is 31.2 Å². The van der Waals surface area contributed by atoms with Crippen LogP contribution >= 0.6 is 11.8 Å². The van der Waals surface area contributed by atoms with E-state index in [2.05, 4.69) is 31.5 Å². The van der Waals surface area contributed by atoms with Crippen molar-refractivity contribution in [1.82, 2.24) is 20.8 Å². The number of amides is 5. The maximum absolute atomic E-state index is 12.1. The second-order valence-corrected chi connectivity index (χ2v) is 7.55. The largest absolute Gasteiger partial charge is 0.416 e. The van der Waals surface area contributed by atoms with Crippen molar-refractivity contribution < 1.29 is 23.6 Å². The highest BCUT2D eigenvalue weighted by Gasteiger charge is 2.34. The molecule has 5 amide bonds. The summed E-state index contributed by atoms with van der Waals surface area (Å²) < 4.78 is 5.49. The van der Waals surface area contributed by atoms with Gasteiger partial charge in [-0.3, -0.25) is 19.7 Å². The van der Waals surface area contributed by atoms with Crippen LogP contribution in [0.25, 0.3) is 0 Å². The van der Waals surface area contributed by atoms with Crippen molar-refractivity contribution in [2.75, 3.05) is 16.4 Å². The minimum Gasteiger partial charge on any atom is -0.416 e. The van der Waals surface area contributed by atoms with Crippen LogP contribution in [0.2, 0.25) is 0 Å². The Kier molecular flexibility index (Phi) is 6.67. The first kappa shape index (κ1) is 21.3. The van der Waals surface area contributed by atoms with E-state index in [1.165, 1.54) is 6.92 Å². The zero-order valence-corrected chi connectivity index (χ0v) is 17.0. The van der Waals surface area contributed by atoms with Crippen molar-refractivity contribution in [3.63, 3.8) is 0 Å². The zero-order chi connectivity index (χ0) is 21.7. The normalized spacial score (nSPS) is 18.3. The third-order valence-corrected chi connectivity index (χ3v) is 5.01. The quantitative estimate of drug-likeness (QED) is 0.475. The highest BCUT2D eigenvalue weighted by atomic mass is 32.2. The van der Waals surface area contributed by atoms with Crippen LogP contribution in [0.1, 0.15) is 19.7 Å². The SMILES string of the molecule is CC(=O)Nc1ccc(NC(=O)CSc2nnc(CC3C(=O)NC(=O)NC3C)o2)cc1. The van der Waals surface area contributed by atoms with Crippen LogP contribution in [0, 0.1) is 5.92 Å². The molecule has 3 rings (SSSR count). The van der Waals surface area contributed by atoms with Crippen LogP contribution in [-0.4, -0.2) is 45.7 Å². The van der Waals surface area contributed by atoms with Crippen LogP contribution < -0.4 is 21.3 Å². The summed E-state index contributed by atoms with van der Waals surface area (Å²) in [5.41, 5.74) is 1.22. The van der Waals surface area contributed by atoms with E-state index >= 15 is 0 Å². The van der Waals surface area contributed by atoms with Crippen LogP contribution in [0.5, 0.6) is 0 Å². The summed E-state index contributed by atoms with van der Waals surface area (Å²) in [6.07, 6.45) is 0.174. The van der Waals surface area contributed by atoms with Crippen LogP contribution in [0.15, 0.2) is 33.9 Å². The predicted octanol–water partition coefficient (Wildman–Crippen LogP) is 1.15. The standard InChI is InChI=1S/C18H20N6O5S/c1-9-13(16(27)22-17(28)19-9)7-15-23-24-18(29-15)30-8-14(26)21-12-5-3-11(4-6-12)20-10(2)25/h3-6,9,13H,7-8H2,1-2H3,(H,20,25)(H,21,26)(H2,19,22,27,28). The summed E-state index contributed by atoms with van der Waals surface area (Å²) in [5, 5.41) is 18.2. The molecule has 0 aliphatic carbocycles. The molecule has 11 nitrogen and oxygen atoms in total. The molecule has 4 N–H and O–H groups in total. The van der Waals surface area contributed by atoms with Gasteiger partial charge in [-0.2, -0.15) is 0 Å². The molecule has 12 heteroatoms. The van der Waals surface area contributed by atoms with Gasteiger partial charge in [0.25, 0.3) is 5.22 Å². The molecule has 1 aromatic heterocycles. The van der Waals surface area contributed by atoms with Gasteiger partial charge >= 0.3 is 6.03 Å². The predicted molar refractivity (Wildman–Crippen MR) is 108 cm³/mol. The number of nitrogens with zero attached hydrogens (tertiary/aromatic N) is 2. The third-order valence-electron chi connectivity index (χ3n) is 4.19. The van der Waals surface area contributed by atoms with E-state index in [-0.39, 0.29) is 41.1 Å². The number of hydrogen-bond donors (Lipinski definition) is 4. The summed E-state index contributed by atoms with van der Waals surface area (Å²) in [4.78, 5) is 46.3. The molecule has 2 unspecified atom stereocenters. The lowest BCUT2D eigenvalue weighted by Crippen LogP contribution is -2.57. The van der Waals surface area contributed by atoms with E-state index in [4.69, 9.17) is 4.42 Å². The monoisotopic (exact) mass is 432 g/mol. The Bertz CT molecular complexity index is 960. The number of thioether (sulfide) groups is 1. The molecule has 0 saturated carbocycles. The first-order valence-corrected chi connectivity index (χ1v) is 10.0. The molecule has 1 aromatic carbocycles. The second kappa shape index (κ2) is 9.39. The Labute approximate surface area is 175 Å². The molecule has 1 aliphatic heterocycles. The Morgan fingerprint density at radius 2 is 1.80 bits per heavy atom. The average Bonchev–Trinajstić information content (AvgIpc) is 3.12. The summed E-state index contributed by atoms with van der Waals surface area (Å²) in [7, 11) is 0. The van der Waals surface area contributed by atoms with E-state index in [9.17, 15) is 19.2 Å². The fourth-order valence-electron chi connectivity index (χ4n) is 2.78. The molecule has 1 fully saturated rings. The van der Waals surface area contributed by atoms with Crippen LogP contribution in [-0.2, 0) is 20.8 Å². The van der Waals surface area contributed by atoms with Crippen molar-refractivity contribution >= 4 is 46.9 Å². The molecule has 1 aliphatic rings. The Morgan fingerprint density at radius 3 is 2.43 bits per heavy atom. The highest BCUT2D eigenvalue weighted by molar-refractivity contribution is 7.99. The van der Waals surface area contributed by atoms with Gasteiger partial charge < -0.3 is 20.4 Å². The van der Waals surface area contributed by atoms with Crippen molar-refractivity contribution in [3.05, 3.63) is 30.2 Å². The Hall–Kier alpha value is -3.41. The smallest absolute Gasteiger partial charge is 0.321 e. The van der Waals surface area contributed by atoms with E-state index in [0.717, 1.165) is 11.8 Å². The zero-order valence-electron chi connectivity index (χ0n) is 16.2. The number of carbonyl (C=O) groups is 4. The fourth-order valence-corrected chi connectivity index (χ4v) is 3.36. The number of imide groups is 1. The van der Waals surface area contributed by atoms with Gasteiger partial charge in [0.1, 0.15) is 0 Å².